The SMILES string of the molecule is Cc1[nH]c2ccc(NC(=O)C(C)(C)C)cc2c1[C@@H](c1ccccn1)N1CCOCC1. The molecule has 0 saturated carbocycles. The van der Waals surface area contributed by atoms with Crippen LogP contribution in [0.5, 0.6) is 0 Å². The van der Waals surface area contributed by atoms with Crippen molar-refractivity contribution < 1.29 is 9.53 Å². The number of amides is 1. The summed E-state index contributed by atoms with van der Waals surface area (Å²) in [7, 11) is 0. The van der Waals surface area contributed by atoms with Crippen molar-refractivity contribution in [2.75, 3.05) is 31.6 Å². The monoisotopic (exact) mass is 406 g/mol. The van der Waals surface area contributed by atoms with Crippen LogP contribution in [0, 0.1) is 12.3 Å². The molecule has 1 saturated heterocycles. The lowest BCUT2D eigenvalue weighted by molar-refractivity contribution is -0.123. The Hall–Kier alpha value is -2.70. The second kappa shape index (κ2) is 8.20. The number of hydrogen-bond donors (Lipinski definition) is 2. The largest absolute Gasteiger partial charge is 0.379 e. The van der Waals surface area contributed by atoms with E-state index in [9.17, 15) is 4.79 Å². The number of carbonyl (C=O) groups excluding carboxylic acids is 1. The maximum absolute atomic E-state index is 12.5. The summed E-state index contributed by atoms with van der Waals surface area (Å²) in [4.78, 5) is 23.2. The van der Waals surface area contributed by atoms with Crippen LogP contribution in [-0.4, -0.2) is 47.1 Å². The lowest BCUT2D eigenvalue weighted by Gasteiger charge is -2.34. The summed E-state index contributed by atoms with van der Waals surface area (Å²) in [6.07, 6.45) is 1.85. The third-order valence-corrected chi connectivity index (χ3v) is 5.63. The zero-order valence-electron chi connectivity index (χ0n) is 18.2. The Labute approximate surface area is 177 Å². The van der Waals surface area contributed by atoms with Gasteiger partial charge in [0, 0.05) is 52.5 Å². The zero-order valence-corrected chi connectivity index (χ0v) is 18.2. The summed E-state index contributed by atoms with van der Waals surface area (Å²) in [6, 6.07) is 12.2. The summed E-state index contributed by atoms with van der Waals surface area (Å²) < 4.78 is 5.60. The first-order valence-electron chi connectivity index (χ1n) is 10.5. The maximum atomic E-state index is 12.5. The molecule has 0 aliphatic carbocycles. The van der Waals surface area contributed by atoms with Gasteiger partial charge >= 0.3 is 0 Å². The van der Waals surface area contributed by atoms with Crippen molar-refractivity contribution in [3.05, 3.63) is 59.5 Å². The third kappa shape index (κ3) is 4.11. The molecule has 1 atom stereocenters. The Bertz CT molecular complexity index is 1030. The van der Waals surface area contributed by atoms with Crippen LogP contribution in [0.25, 0.3) is 10.9 Å². The van der Waals surface area contributed by atoms with E-state index in [0.717, 1.165) is 54.3 Å². The minimum absolute atomic E-state index is 0.00473. The second-order valence-corrected chi connectivity index (χ2v) is 8.93. The summed E-state index contributed by atoms with van der Waals surface area (Å²) >= 11 is 0. The fourth-order valence-electron chi connectivity index (χ4n) is 3.99. The van der Waals surface area contributed by atoms with Crippen LogP contribution in [0.2, 0.25) is 0 Å². The fraction of sp³-hybridized carbons (Fsp3) is 0.417. The molecule has 1 amide bonds. The van der Waals surface area contributed by atoms with Crippen molar-refractivity contribution in [3.63, 3.8) is 0 Å². The Kier molecular flexibility index (Phi) is 5.62. The number of fused-ring (bicyclic) bond motifs is 1. The number of benzene rings is 1. The van der Waals surface area contributed by atoms with Gasteiger partial charge in [-0.3, -0.25) is 14.7 Å². The molecule has 3 heterocycles. The molecule has 0 spiro atoms. The van der Waals surface area contributed by atoms with Gasteiger partial charge in [-0.25, -0.2) is 0 Å². The molecule has 3 aromatic rings. The fourth-order valence-corrected chi connectivity index (χ4v) is 3.99. The molecule has 1 fully saturated rings. The summed E-state index contributed by atoms with van der Waals surface area (Å²) in [5.74, 6) is 0.00473. The Balaban J connectivity index is 1.81. The predicted octanol–water partition coefficient (Wildman–Crippen LogP) is 4.28. The number of pyridine rings is 1. The third-order valence-electron chi connectivity index (χ3n) is 5.63. The number of aromatic nitrogens is 2. The highest BCUT2D eigenvalue weighted by atomic mass is 16.5. The Morgan fingerprint density at radius 3 is 2.63 bits per heavy atom. The summed E-state index contributed by atoms with van der Waals surface area (Å²) in [6.45, 7) is 11.0. The summed E-state index contributed by atoms with van der Waals surface area (Å²) in [5.41, 5.74) is 4.77. The first kappa shape index (κ1) is 20.6. The summed E-state index contributed by atoms with van der Waals surface area (Å²) in [5, 5.41) is 4.18. The topological polar surface area (TPSA) is 70.2 Å². The first-order chi connectivity index (χ1) is 14.3. The lowest BCUT2D eigenvalue weighted by Crippen LogP contribution is -2.40. The van der Waals surface area contributed by atoms with Crippen LogP contribution in [0.1, 0.15) is 43.8 Å². The van der Waals surface area contributed by atoms with Gasteiger partial charge in [-0.1, -0.05) is 26.8 Å². The number of ether oxygens (including phenoxy) is 1. The molecule has 30 heavy (non-hydrogen) atoms. The molecule has 1 aliphatic rings. The molecule has 6 heteroatoms. The first-order valence-corrected chi connectivity index (χ1v) is 10.5. The minimum atomic E-state index is -0.448. The maximum Gasteiger partial charge on any atom is 0.229 e. The molecule has 0 unspecified atom stereocenters. The molecular weight excluding hydrogens is 376 g/mol. The van der Waals surface area contributed by atoms with Crippen molar-refractivity contribution >= 4 is 22.5 Å². The number of H-pyrrole nitrogens is 1. The predicted molar refractivity (Wildman–Crippen MR) is 120 cm³/mol. The molecule has 0 radical (unpaired) electrons. The van der Waals surface area contributed by atoms with Gasteiger partial charge in [-0.05, 0) is 37.3 Å². The van der Waals surface area contributed by atoms with E-state index in [2.05, 4.69) is 34.3 Å². The Morgan fingerprint density at radius 2 is 1.97 bits per heavy atom. The molecule has 158 valence electrons. The number of morpholine rings is 1. The highest BCUT2D eigenvalue weighted by Gasteiger charge is 2.29. The quantitative estimate of drug-likeness (QED) is 0.679. The van der Waals surface area contributed by atoms with E-state index in [4.69, 9.17) is 9.72 Å². The van der Waals surface area contributed by atoms with Crippen molar-refractivity contribution in [2.24, 2.45) is 5.41 Å². The van der Waals surface area contributed by atoms with Gasteiger partial charge in [0.1, 0.15) is 0 Å². The highest BCUT2D eigenvalue weighted by Crippen LogP contribution is 2.37. The van der Waals surface area contributed by atoms with Crippen molar-refractivity contribution in [3.8, 4) is 0 Å². The van der Waals surface area contributed by atoms with Gasteiger partial charge in [0.05, 0.1) is 24.9 Å². The molecule has 0 bridgehead atoms. The van der Waals surface area contributed by atoms with E-state index in [-0.39, 0.29) is 11.9 Å². The van der Waals surface area contributed by atoms with E-state index < -0.39 is 5.41 Å². The number of anilines is 1. The van der Waals surface area contributed by atoms with Crippen molar-refractivity contribution in [2.45, 2.75) is 33.7 Å². The van der Waals surface area contributed by atoms with E-state index >= 15 is 0 Å². The number of rotatable bonds is 4. The van der Waals surface area contributed by atoms with Gasteiger partial charge < -0.3 is 15.0 Å². The van der Waals surface area contributed by atoms with E-state index in [1.807, 2.05) is 51.2 Å². The number of carbonyl (C=O) groups is 1. The van der Waals surface area contributed by atoms with Gasteiger partial charge in [0.2, 0.25) is 5.91 Å². The van der Waals surface area contributed by atoms with Crippen LogP contribution in [0.15, 0.2) is 42.6 Å². The van der Waals surface area contributed by atoms with Crippen LogP contribution in [0.4, 0.5) is 5.69 Å². The van der Waals surface area contributed by atoms with E-state index in [1.165, 1.54) is 5.56 Å². The normalized spacial score (nSPS) is 16.5. The van der Waals surface area contributed by atoms with Crippen LogP contribution in [0.3, 0.4) is 0 Å². The van der Waals surface area contributed by atoms with Gasteiger partial charge in [-0.15, -0.1) is 0 Å². The standard InChI is InChI=1S/C24H30N4O2/c1-16-21(22(20-7-5-6-10-25-20)28-11-13-30-14-12-28)18-15-17(8-9-19(18)26-16)27-23(29)24(2,3)4/h5-10,15,22,26H,11-14H2,1-4H3,(H,27,29)/t22-/m1/s1. The Morgan fingerprint density at radius 1 is 1.20 bits per heavy atom. The number of aromatic amines is 1. The second-order valence-electron chi connectivity index (χ2n) is 8.93. The number of nitrogens with zero attached hydrogens (tertiary/aromatic N) is 2. The molecule has 6 nitrogen and oxygen atoms in total. The average molecular weight is 407 g/mol. The van der Waals surface area contributed by atoms with Gasteiger partial charge in [0.25, 0.3) is 0 Å². The molecule has 2 N–H and O–H groups in total. The molecule has 1 aliphatic heterocycles. The molecule has 4 rings (SSSR count). The van der Waals surface area contributed by atoms with Crippen molar-refractivity contribution in [1.29, 1.82) is 0 Å². The van der Waals surface area contributed by atoms with E-state index in [1.54, 1.807) is 0 Å². The van der Waals surface area contributed by atoms with Crippen LogP contribution in [-0.2, 0) is 9.53 Å². The van der Waals surface area contributed by atoms with Crippen molar-refractivity contribution in [1.82, 2.24) is 14.9 Å². The van der Waals surface area contributed by atoms with Gasteiger partial charge in [-0.2, -0.15) is 0 Å². The van der Waals surface area contributed by atoms with Crippen LogP contribution < -0.4 is 5.32 Å². The highest BCUT2D eigenvalue weighted by molar-refractivity contribution is 5.97. The molecule has 1 aromatic carbocycles. The van der Waals surface area contributed by atoms with E-state index in [0.29, 0.717) is 0 Å². The number of hydrogen-bond acceptors (Lipinski definition) is 4. The number of aryl methyl sites for hydroxylation is 1. The van der Waals surface area contributed by atoms with Gasteiger partial charge in [0.15, 0.2) is 0 Å². The smallest absolute Gasteiger partial charge is 0.229 e. The zero-order chi connectivity index (χ0) is 21.3. The van der Waals surface area contributed by atoms with Crippen LogP contribution >= 0.6 is 0 Å². The number of nitrogens with one attached hydrogen (secondary N) is 2. The average Bonchev–Trinajstić information content (AvgIpc) is 3.05. The lowest BCUT2D eigenvalue weighted by atomic mass is 9.95. The molecular formula is C24H30N4O2. The minimum Gasteiger partial charge on any atom is -0.379 e. The molecule has 2 aromatic heterocycles.